The maximum atomic E-state index is 9.67. The van der Waals surface area contributed by atoms with Crippen molar-refractivity contribution in [1.29, 1.82) is 0 Å². The van der Waals surface area contributed by atoms with E-state index < -0.39 is 0 Å². The summed E-state index contributed by atoms with van der Waals surface area (Å²) in [4.78, 5) is 6.79. The Morgan fingerprint density at radius 3 is 2.61 bits per heavy atom. The number of hydrogen-bond donors (Lipinski definition) is 2. The van der Waals surface area contributed by atoms with Crippen molar-refractivity contribution < 1.29 is 9.84 Å². The first kappa shape index (κ1) is 20.0. The van der Waals surface area contributed by atoms with Gasteiger partial charge in [-0.1, -0.05) is 12.1 Å². The van der Waals surface area contributed by atoms with E-state index in [1.54, 1.807) is 0 Å². The SMILES string of the molecule is CCNC(=NCc1ccc(OC(C)C)cc1)N1CC[C@@H](O)C1.I. The van der Waals surface area contributed by atoms with Crippen molar-refractivity contribution in [3.8, 4) is 5.75 Å². The van der Waals surface area contributed by atoms with Crippen LogP contribution in [-0.4, -0.2) is 47.8 Å². The summed E-state index contributed by atoms with van der Waals surface area (Å²) in [6.07, 6.45) is 0.758. The van der Waals surface area contributed by atoms with Crippen molar-refractivity contribution >= 4 is 29.9 Å². The molecule has 0 aliphatic carbocycles. The highest BCUT2D eigenvalue weighted by molar-refractivity contribution is 14.0. The van der Waals surface area contributed by atoms with Gasteiger partial charge in [0, 0.05) is 19.6 Å². The third-order valence-corrected chi connectivity index (χ3v) is 3.50. The van der Waals surface area contributed by atoms with Crippen molar-refractivity contribution in [2.24, 2.45) is 4.99 Å². The van der Waals surface area contributed by atoms with Gasteiger partial charge in [-0.05, 0) is 44.9 Å². The summed E-state index contributed by atoms with van der Waals surface area (Å²) >= 11 is 0. The molecular weight excluding hydrogens is 405 g/mol. The molecule has 0 aromatic heterocycles. The maximum absolute atomic E-state index is 9.67. The van der Waals surface area contributed by atoms with Gasteiger partial charge in [0.15, 0.2) is 5.96 Å². The minimum atomic E-state index is -0.240. The minimum Gasteiger partial charge on any atom is -0.491 e. The molecule has 5 nitrogen and oxygen atoms in total. The molecule has 1 aliphatic heterocycles. The Morgan fingerprint density at radius 1 is 1.39 bits per heavy atom. The Bertz CT molecular complexity index is 491. The van der Waals surface area contributed by atoms with Crippen LogP contribution < -0.4 is 10.1 Å². The molecule has 1 aliphatic rings. The van der Waals surface area contributed by atoms with Crippen LogP contribution in [0.5, 0.6) is 5.75 Å². The van der Waals surface area contributed by atoms with E-state index in [4.69, 9.17) is 4.74 Å². The second kappa shape index (κ2) is 9.97. The molecule has 0 unspecified atom stereocenters. The first-order valence-corrected chi connectivity index (χ1v) is 8.05. The lowest BCUT2D eigenvalue weighted by molar-refractivity contribution is 0.188. The zero-order valence-corrected chi connectivity index (χ0v) is 16.5. The number of aliphatic imine (C=N–C) groups is 1. The van der Waals surface area contributed by atoms with Crippen LogP contribution in [0.1, 0.15) is 32.8 Å². The Labute approximate surface area is 156 Å². The second-order valence-corrected chi connectivity index (χ2v) is 5.87. The fraction of sp³-hybridized carbons (Fsp3) is 0.588. The van der Waals surface area contributed by atoms with Crippen molar-refractivity contribution in [3.05, 3.63) is 29.8 Å². The van der Waals surface area contributed by atoms with Gasteiger partial charge >= 0.3 is 0 Å². The van der Waals surface area contributed by atoms with Crippen LogP contribution in [0.15, 0.2) is 29.3 Å². The van der Waals surface area contributed by atoms with Gasteiger partial charge in [0.2, 0.25) is 0 Å². The van der Waals surface area contributed by atoms with E-state index in [-0.39, 0.29) is 36.2 Å². The molecular formula is C17H28IN3O2. The summed E-state index contributed by atoms with van der Waals surface area (Å²) < 4.78 is 5.64. The van der Waals surface area contributed by atoms with Gasteiger partial charge in [-0.15, -0.1) is 24.0 Å². The molecule has 6 heteroatoms. The fourth-order valence-electron chi connectivity index (χ4n) is 2.47. The van der Waals surface area contributed by atoms with Gasteiger partial charge in [0.1, 0.15) is 5.75 Å². The maximum Gasteiger partial charge on any atom is 0.194 e. The third kappa shape index (κ3) is 6.55. The number of aliphatic hydroxyl groups excluding tert-OH is 1. The molecule has 0 amide bonds. The van der Waals surface area contributed by atoms with Gasteiger partial charge in [-0.2, -0.15) is 0 Å². The first-order valence-electron chi connectivity index (χ1n) is 8.05. The van der Waals surface area contributed by atoms with Crippen LogP contribution >= 0.6 is 24.0 Å². The van der Waals surface area contributed by atoms with Gasteiger partial charge in [-0.3, -0.25) is 0 Å². The molecule has 0 radical (unpaired) electrons. The molecule has 0 saturated carbocycles. The molecule has 1 saturated heterocycles. The number of benzene rings is 1. The number of likely N-dealkylation sites (tertiary alicyclic amines) is 1. The summed E-state index contributed by atoms with van der Waals surface area (Å²) in [5.41, 5.74) is 1.14. The quantitative estimate of drug-likeness (QED) is 0.426. The molecule has 1 aromatic carbocycles. The lowest BCUT2D eigenvalue weighted by atomic mass is 10.2. The highest BCUT2D eigenvalue weighted by Gasteiger charge is 2.22. The average molecular weight is 433 g/mol. The second-order valence-electron chi connectivity index (χ2n) is 5.87. The molecule has 1 atom stereocenters. The number of aliphatic hydroxyl groups is 1. The molecule has 2 rings (SSSR count). The summed E-state index contributed by atoms with van der Waals surface area (Å²) in [5, 5.41) is 13.0. The van der Waals surface area contributed by atoms with Crippen LogP contribution in [0.4, 0.5) is 0 Å². The summed E-state index contributed by atoms with van der Waals surface area (Å²) in [7, 11) is 0. The fourth-order valence-corrected chi connectivity index (χ4v) is 2.47. The van der Waals surface area contributed by atoms with Gasteiger partial charge in [0.05, 0.1) is 18.8 Å². The van der Waals surface area contributed by atoms with E-state index in [9.17, 15) is 5.11 Å². The van der Waals surface area contributed by atoms with Gasteiger partial charge in [0.25, 0.3) is 0 Å². The van der Waals surface area contributed by atoms with Crippen LogP contribution in [-0.2, 0) is 6.54 Å². The van der Waals surface area contributed by atoms with Crippen molar-refractivity contribution in [1.82, 2.24) is 10.2 Å². The van der Waals surface area contributed by atoms with Crippen molar-refractivity contribution in [2.75, 3.05) is 19.6 Å². The monoisotopic (exact) mass is 433 g/mol. The predicted molar refractivity (Wildman–Crippen MR) is 105 cm³/mol. The molecule has 1 aromatic rings. The lowest BCUT2D eigenvalue weighted by Crippen LogP contribution is -2.40. The number of rotatable bonds is 5. The zero-order chi connectivity index (χ0) is 15.9. The number of ether oxygens (including phenoxy) is 1. The van der Waals surface area contributed by atoms with Crippen LogP contribution in [0.3, 0.4) is 0 Å². The van der Waals surface area contributed by atoms with Crippen LogP contribution in [0.25, 0.3) is 0 Å². The highest BCUT2D eigenvalue weighted by atomic mass is 127. The van der Waals surface area contributed by atoms with E-state index in [0.29, 0.717) is 13.1 Å². The number of nitrogens with zero attached hydrogens (tertiary/aromatic N) is 2. The van der Waals surface area contributed by atoms with Crippen LogP contribution in [0.2, 0.25) is 0 Å². The Morgan fingerprint density at radius 2 is 2.09 bits per heavy atom. The summed E-state index contributed by atoms with van der Waals surface area (Å²) in [6.45, 7) is 9.06. The van der Waals surface area contributed by atoms with Crippen LogP contribution in [0, 0.1) is 0 Å². The smallest absolute Gasteiger partial charge is 0.194 e. The van der Waals surface area contributed by atoms with Gasteiger partial charge in [-0.25, -0.2) is 4.99 Å². The normalized spacial score (nSPS) is 18.0. The lowest BCUT2D eigenvalue weighted by Gasteiger charge is -2.21. The van der Waals surface area contributed by atoms with E-state index in [1.807, 2.05) is 38.1 Å². The third-order valence-electron chi connectivity index (χ3n) is 3.50. The van der Waals surface area contributed by atoms with Gasteiger partial charge < -0.3 is 20.1 Å². The predicted octanol–water partition coefficient (Wildman–Crippen LogP) is 2.62. The molecule has 23 heavy (non-hydrogen) atoms. The molecule has 1 heterocycles. The molecule has 0 bridgehead atoms. The summed E-state index contributed by atoms with van der Waals surface area (Å²) in [5.74, 6) is 1.76. The molecule has 0 spiro atoms. The number of halogens is 1. The molecule has 2 N–H and O–H groups in total. The summed E-state index contributed by atoms with van der Waals surface area (Å²) in [6, 6.07) is 8.06. The first-order chi connectivity index (χ1) is 10.6. The van der Waals surface area contributed by atoms with E-state index in [2.05, 4.69) is 22.1 Å². The van der Waals surface area contributed by atoms with Crippen molar-refractivity contribution in [3.63, 3.8) is 0 Å². The highest BCUT2D eigenvalue weighted by Crippen LogP contribution is 2.15. The molecule has 1 fully saturated rings. The topological polar surface area (TPSA) is 57.1 Å². The number of nitrogens with one attached hydrogen (secondary N) is 1. The van der Waals surface area contributed by atoms with E-state index >= 15 is 0 Å². The zero-order valence-electron chi connectivity index (χ0n) is 14.2. The van der Waals surface area contributed by atoms with E-state index in [1.165, 1.54) is 0 Å². The van der Waals surface area contributed by atoms with E-state index in [0.717, 1.165) is 36.8 Å². The largest absolute Gasteiger partial charge is 0.491 e. The number of β-amino-alcohol motifs (C(OH)–C–C–N with tert-alkyl or cyclic N) is 1. The van der Waals surface area contributed by atoms with Crippen molar-refractivity contribution in [2.45, 2.75) is 45.9 Å². The Balaban J connectivity index is 0.00000264. The Hall–Kier alpha value is -1.02. The number of guanidine groups is 1. The number of hydrogen-bond acceptors (Lipinski definition) is 3. The average Bonchev–Trinajstić information content (AvgIpc) is 2.91. The Kier molecular flexibility index (Phi) is 8.68. The minimum absolute atomic E-state index is 0. The molecule has 130 valence electrons. The standard InChI is InChI=1S/C17H27N3O2.HI/c1-4-18-17(20-10-9-15(21)12-20)19-11-14-5-7-16(8-6-14)22-13(2)3;/h5-8,13,15,21H,4,9-12H2,1-3H3,(H,18,19);1H/t15-;/m1./s1.